The molecule has 0 aromatic carbocycles. The van der Waals surface area contributed by atoms with E-state index < -0.39 is 54.4 Å². The maximum absolute atomic E-state index is 13.8. The quantitative estimate of drug-likeness (QED) is 0.556. The second-order valence-electron chi connectivity index (χ2n) is 7.52. The summed E-state index contributed by atoms with van der Waals surface area (Å²) >= 11 is 0. The minimum Gasteiger partial charge on any atom is -0.465 e. The highest BCUT2D eigenvalue weighted by atomic mass is 19.3. The maximum Gasteiger partial charge on any atom is 0.508 e. The third-order valence-corrected chi connectivity index (χ3v) is 2.50. The normalized spacial score (nSPS) is 13.4. The van der Waals surface area contributed by atoms with Gasteiger partial charge in [0.05, 0.1) is 13.2 Å². The van der Waals surface area contributed by atoms with E-state index in [4.69, 9.17) is 14.2 Å². The number of esters is 1. The van der Waals surface area contributed by atoms with Crippen molar-refractivity contribution in [3.63, 3.8) is 0 Å². The molecular weight excluding hydrogens is 356 g/mol. The fourth-order valence-corrected chi connectivity index (χ4v) is 1.62. The van der Waals surface area contributed by atoms with Crippen LogP contribution in [0.5, 0.6) is 0 Å². The SMILES string of the molecule is COC(=O)C(F)(F)C[C@@H](COC(=O)OC(C)(C)C)NC(=O)OC(C)(C)C. The first-order chi connectivity index (χ1) is 11.6. The lowest BCUT2D eigenvalue weighted by Crippen LogP contribution is -2.47. The Morgan fingerprint density at radius 3 is 1.88 bits per heavy atom. The second kappa shape index (κ2) is 9.00. The highest BCUT2D eigenvalue weighted by molar-refractivity contribution is 5.77. The summed E-state index contributed by atoms with van der Waals surface area (Å²) < 4.78 is 46.3. The van der Waals surface area contributed by atoms with E-state index in [0.717, 1.165) is 7.11 Å². The number of carbonyl (C=O) groups excluding carboxylic acids is 3. The molecular formula is C16H27F2NO7. The number of amides is 1. The summed E-state index contributed by atoms with van der Waals surface area (Å²) in [7, 11) is 0.809. The highest BCUT2D eigenvalue weighted by Gasteiger charge is 2.43. The third-order valence-electron chi connectivity index (χ3n) is 2.50. The zero-order valence-corrected chi connectivity index (χ0v) is 16.1. The van der Waals surface area contributed by atoms with Gasteiger partial charge in [0.2, 0.25) is 0 Å². The molecule has 0 unspecified atom stereocenters. The molecule has 0 heterocycles. The minimum absolute atomic E-state index is 0.652. The summed E-state index contributed by atoms with van der Waals surface area (Å²) in [4.78, 5) is 34.5. The minimum atomic E-state index is -3.90. The Morgan fingerprint density at radius 1 is 0.962 bits per heavy atom. The Balaban J connectivity index is 5.02. The fraction of sp³-hybridized carbons (Fsp3) is 0.812. The predicted molar refractivity (Wildman–Crippen MR) is 86.9 cm³/mol. The average Bonchev–Trinajstić information content (AvgIpc) is 2.39. The van der Waals surface area contributed by atoms with Crippen molar-refractivity contribution >= 4 is 18.2 Å². The van der Waals surface area contributed by atoms with Crippen LogP contribution in [0, 0.1) is 0 Å². The molecule has 10 heteroatoms. The van der Waals surface area contributed by atoms with Crippen LogP contribution >= 0.6 is 0 Å². The summed E-state index contributed by atoms with van der Waals surface area (Å²) in [5.74, 6) is -5.67. The van der Waals surface area contributed by atoms with Crippen LogP contribution in [0.1, 0.15) is 48.0 Å². The first-order valence-electron chi connectivity index (χ1n) is 7.87. The van der Waals surface area contributed by atoms with Gasteiger partial charge >= 0.3 is 24.1 Å². The second-order valence-corrected chi connectivity index (χ2v) is 7.52. The van der Waals surface area contributed by atoms with Crippen molar-refractivity contribution in [2.24, 2.45) is 0 Å². The highest BCUT2D eigenvalue weighted by Crippen LogP contribution is 2.23. The van der Waals surface area contributed by atoms with Gasteiger partial charge in [0, 0.05) is 6.42 Å². The standard InChI is InChI=1S/C16H27F2NO7/c1-14(2,3)25-12(21)19-10(8-16(17,18)11(20)23-7)9-24-13(22)26-15(4,5)6/h10H,8-9H2,1-7H3,(H,19,21)/t10-/m0/s1. The molecule has 0 rings (SSSR count). The number of rotatable bonds is 6. The van der Waals surface area contributed by atoms with Gasteiger partial charge in [-0.15, -0.1) is 0 Å². The number of nitrogens with one attached hydrogen (secondary N) is 1. The molecule has 0 aliphatic heterocycles. The number of hydrogen-bond acceptors (Lipinski definition) is 7. The van der Waals surface area contributed by atoms with Gasteiger partial charge in [-0.25, -0.2) is 14.4 Å². The lowest BCUT2D eigenvalue weighted by atomic mass is 10.1. The van der Waals surface area contributed by atoms with Gasteiger partial charge in [-0.2, -0.15) is 8.78 Å². The summed E-state index contributed by atoms with van der Waals surface area (Å²) in [6, 6.07) is -1.41. The molecule has 0 radical (unpaired) electrons. The number of hydrogen-bond donors (Lipinski definition) is 1. The van der Waals surface area contributed by atoms with Gasteiger partial charge in [-0.05, 0) is 41.5 Å². The van der Waals surface area contributed by atoms with Gasteiger partial charge < -0.3 is 24.3 Å². The van der Waals surface area contributed by atoms with Crippen LogP contribution in [0.15, 0.2) is 0 Å². The molecule has 1 atom stereocenters. The molecule has 1 amide bonds. The van der Waals surface area contributed by atoms with Gasteiger partial charge in [-0.3, -0.25) is 0 Å². The van der Waals surface area contributed by atoms with Crippen molar-refractivity contribution in [1.82, 2.24) is 5.32 Å². The van der Waals surface area contributed by atoms with Crippen LogP contribution < -0.4 is 5.32 Å². The van der Waals surface area contributed by atoms with Crippen molar-refractivity contribution in [3.05, 3.63) is 0 Å². The Bertz CT molecular complexity index is 510. The van der Waals surface area contributed by atoms with Crippen LogP contribution in [-0.2, 0) is 23.7 Å². The van der Waals surface area contributed by atoms with Crippen LogP contribution in [0.4, 0.5) is 18.4 Å². The summed E-state index contributed by atoms with van der Waals surface area (Å²) in [6.45, 7) is 8.88. The van der Waals surface area contributed by atoms with Crippen molar-refractivity contribution in [1.29, 1.82) is 0 Å². The summed E-state index contributed by atoms with van der Waals surface area (Å²) in [5, 5.41) is 2.15. The molecule has 0 saturated carbocycles. The lowest BCUT2D eigenvalue weighted by molar-refractivity contribution is -0.170. The van der Waals surface area contributed by atoms with Gasteiger partial charge in [0.25, 0.3) is 0 Å². The predicted octanol–water partition coefficient (Wildman–Crippen LogP) is 3.03. The van der Waals surface area contributed by atoms with Crippen LogP contribution in [-0.4, -0.2) is 55.1 Å². The molecule has 0 fully saturated rings. The molecule has 0 aliphatic rings. The summed E-state index contributed by atoms with van der Waals surface area (Å²) in [5.41, 5.74) is -1.72. The Labute approximate surface area is 151 Å². The van der Waals surface area contributed by atoms with E-state index in [2.05, 4.69) is 10.1 Å². The van der Waals surface area contributed by atoms with E-state index in [-0.39, 0.29) is 0 Å². The van der Waals surface area contributed by atoms with Gasteiger partial charge in [0.15, 0.2) is 0 Å². The van der Waals surface area contributed by atoms with E-state index in [9.17, 15) is 23.2 Å². The van der Waals surface area contributed by atoms with E-state index in [0.29, 0.717) is 0 Å². The average molecular weight is 383 g/mol. The molecule has 0 aliphatic carbocycles. The lowest BCUT2D eigenvalue weighted by Gasteiger charge is -2.26. The number of halogens is 2. The molecule has 1 N–H and O–H groups in total. The molecule has 8 nitrogen and oxygen atoms in total. The molecule has 0 saturated heterocycles. The van der Waals surface area contributed by atoms with Crippen molar-refractivity contribution in [2.45, 2.75) is 71.1 Å². The number of alkyl halides is 2. The Hall–Kier alpha value is -2.13. The van der Waals surface area contributed by atoms with Crippen LogP contribution in [0.3, 0.4) is 0 Å². The zero-order chi connectivity index (χ0) is 20.8. The Morgan fingerprint density at radius 2 is 1.46 bits per heavy atom. The molecule has 0 spiro atoms. The smallest absolute Gasteiger partial charge is 0.465 e. The molecule has 0 bridgehead atoms. The van der Waals surface area contributed by atoms with Gasteiger partial charge in [0.1, 0.15) is 17.8 Å². The van der Waals surface area contributed by atoms with E-state index in [1.807, 2.05) is 0 Å². The Kier molecular flexibility index (Phi) is 8.26. The largest absolute Gasteiger partial charge is 0.508 e. The topological polar surface area (TPSA) is 100 Å². The number of ether oxygens (including phenoxy) is 4. The number of methoxy groups -OCH3 is 1. The summed E-state index contributed by atoms with van der Waals surface area (Å²) in [6.07, 6.45) is -3.26. The van der Waals surface area contributed by atoms with Crippen LogP contribution in [0.2, 0.25) is 0 Å². The molecule has 152 valence electrons. The first-order valence-corrected chi connectivity index (χ1v) is 7.87. The molecule has 26 heavy (non-hydrogen) atoms. The molecule has 0 aromatic rings. The fourth-order valence-electron chi connectivity index (χ4n) is 1.62. The van der Waals surface area contributed by atoms with Crippen LogP contribution in [0.25, 0.3) is 0 Å². The van der Waals surface area contributed by atoms with Crippen molar-refractivity contribution in [2.75, 3.05) is 13.7 Å². The van der Waals surface area contributed by atoms with E-state index in [1.54, 1.807) is 41.5 Å². The monoisotopic (exact) mass is 383 g/mol. The number of alkyl carbamates (subject to hydrolysis) is 1. The zero-order valence-electron chi connectivity index (χ0n) is 16.1. The first kappa shape index (κ1) is 23.9. The van der Waals surface area contributed by atoms with Gasteiger partial charge in [-0.1, -0.05) is 0 Å². The van der Waals surface area contributed by atoms with Crippen molar-refractivity contribution < 1.29 is 42.1 Å². The van der Waals surface area contributed by atoms with E-state index in [1.165, 1.54) is 0 Å². The number of carbonyl (C=O) groups is 3. The third kappa shape index (κ3) is 10.7. The maximum atomic E-state index is 13.8. The van der Waals surface area contributed by atoms with E-state index >= 15 is 0 Å². The molecule has 0 aromatic heterocycles. The van der Waals surface area contributed by atoms with Crippen molar-refractivity contribution in [3.8, 4) is 0 Å².